The molecule has 1 aliphatic carbocycles. The smallest absolute Gasteiger partial charge is 0.255 e. The van der Waals surface area contributed by atoms with E-state index in [1.165, 1.54) is 0 Å². The average Bonchev–Trinajstić information content (AvgIpc) is 3.92. The standard InChI is InChI=1S/C40H44N10O5/c1-55-34-21-32-27(24-49(45-32)37-22-41-35-3-2-13-42-50(35)37)19-31(34)38(52)43-28-7-4-25(5-8-28)12-14-46-15-17-47(18-16-46)29-9-6-26-23-48(40(54)30(26)20-29)33-10-11-36(51)44-39(33)53/h2-3,6,9,13,19-22,24-25,28,33H,4-5,7-8,10-12,14-18,23H2,1H3,(H,43,52)(H,44,51,53). The van der Waals surface area contributed by atoms with Gasteiger partial charge in [-0.05, 0) is 86.9 Å². The first-order valence-corrected chi connectivity index (χ1v) is 19.2. The first kappa shape index (κ1) is 34.9. The summed E-state index contributed by atoms with van der Waals surface area (Å²) in [6, 6.07) is 12.9. The van der Waals surface area contributed by atoms with Crippen LogP contribution in [0.15, 0.2) is 61.1 Å². The summed E-state index contributed by atoms with van der Waals surface area (Å²) >= 11 is 0. The quantitative estimate of drug-likeness (QED) is 0.215. The fourth-order valence-corrected chi connectivity index (χ4v) is 8.68. The zero-order valence-corrected chi connectivity index (χ0v) is 30.8. The first-order valence-electron chi connectivity index (χ1n) is 19.2. The Labute approximate surface area is 317 Å². The van der Waals surface area contributed by atoms with Gasteiger partial charge < -0.3 is 19.9 Å². The number of nitrogens with zero attached hydrogens (tertiary/aromatic N) is 8. The number of anilines is 1. The van der Waals surface area contributed by atoms with Crippen molar-refractivity contribution in [2.45, 2.75) is 63.6 Å². The Morgan fingerprint density at radius 2 is 1.84 bits per heavy atom. The Balaban J connectivity index is 0.743. The van der Waals surface area contributed by atoms with Crippen molar-refractivity contribution >= 4 is 45.9 Å². The van der Waals surface area contributed by atoms with E-state index >= 15 is 0 Å². The van der Waals surface area contributed by atoms with E-state index in [9.17, 15) is 19.2 Å². The number of aromatic nitrogens is 5. The van der Waals surface area contributed by atoms with Crippen molar-refractivity contribution in [3.05, 3.63) is 77.7 Å². The number of fused-ring (bicyclic) bond motifs is 3. The molecule has 2 saturated heterocycles. The summed E-state index contributed by atoms with van der Waals surface area (Å²) in [5, 5.41) is 15.6. The van der Waals surface area contributed by atoms with Crippen LogP contribution >= 0.6 is 0 Å². The monoisotopic (exact) mass is 744 g/mol. The summed E-state index contributed by atoms with van der Waals surface area (Å²) in [6.45, 7) is 5.13. The Morgan fingerprint density at radius 3 is 2.64 bits per heavy atom. The van der Waals surface area contributed by atoms with Gasteiger partial charge in [-0.3, -0.25) is 29.4 Å². The molecule has 9 rings (SSSR count). The van der Waals surface area contributed by atoms with Crippen molar-refractivity contribution < 1.29 is 23.9 Å². The van der Waals surface area contributed by atoms with E-state index in [0.717, 1.165) is 87.1 Å². The van der Waals surface area contributed by atoms with E-state index in [0.29, 0.717) is 47.1 Å². The molecule has 15 nitrogen and oxygen atoms in total. The van der Waals surface area contributed by atoms with Crippen LogP contribution in [0.25, 0.3) is 22.4 Å². The van der Waals surface area contributed by atoms with Crippen LogP contribution in [0, 0.1) is 5.92 Å². The van der Waals surface area contributed by atoms with Crippen molar-refractivity contribution in [1.82, 2.24) is 44.8 Å². The number of imidazole rings is 1. The maximum atomic E-state index is 13.6. The SMILES string of the molecule is COc1cc2nn(-c3cnc4cccnn34)cc2cc1C(=O)NC1CCC(CCN2CCN(c3ccc4c(c3)C(=O)N(C3CCC(=O)NC3=O)C4)CC2)CC1. The van der Waals surface area contributed by atoms with Gasteiger partial charge in [-0.1, -0.05) is 6.07 Å². The molecule has 0 spiro atoms. The Morgan fingerprint density at radius 1 is 1.00 bits per heavy atom. The van der Waals surface area contributed by atoms with Crippen molar-refractivity contribution in [2.24, 2.45) is 5.92 Å². The number of nitrogens with one attached hydrogen (secondary N) is 2. The molecule has 3 aromatic heterocycles. The van der Waals surface area contributed by atoms with Gasteiger partial charge in [0.2, 0.25) is 11.8 Å². The second-order valence-electron chi connectivity index (χ2n) is 15.1. The van der Waals surface area contributed by atoms with E-state index in [4.69, 9.17) is 9.84 Å². The van der Waals surface area contributed by atoms with Crippen molar-refractivity contribution in [2.75, 3.05) is 44.7 Å². The van der Waals surface area contributed by atoms with E-state index < -0.39 is 6.04 Å². The van der Waals surface area contributed by atoms with Gasteiger partial charge in [0.1, 0.15) is 11.8 Å². The highest BCUT2D eigenvalue weighted by molar-refractivity contribution is 6.06. The minimum Gasteiger partial charge on any atom is -0.496 e. The fourth-order valence-electron chi connectivity index (χ4n) is 8.68. The Kier molecular flexibility index (Phi) is 9.16. The third-order valence-electron chi connectivity index (χ3n) is 11.8. The predicted octanol–water partition coefficient (Wildman–Crippen LogP) is 3.34. The molecular formula is C40H44N10O5. The largest absolute Gasteiger partial charge is 0.496 e. The third kappa shape index (κ3) is 6.77. The number of carbonyl (C=O) groups is 4. The van der Waals surface area contributed by atoms with Crippen LogP contribution in [0.5, 0.6) is 5.75 Å². The number of ether oxygens (including phenoxy) is 1. The minimum absolute atomic E-state index is 0.120. The van der Waals surface area contributed by atoms with Gasteiger partial charge in [-0.2, -0.15) is 14.7 Å². The number of hydrogen-bond acceptors (Lipinski definition) is 10. The first-order chi connectivity index (χ1) is 26.8. The molecule has 3 fully saturated rings. The van der Waals surface area contributed by atoms with Crippen molar-refractivity contribution in [1.29, 1.82) is 0 Å². The second-order valence-corrected chi connectivity index (χ2v) is 15.1. The van der Waals surface area contributed by atoms with Gasteiger partial charge in [-0.15, -0.1) is 0 Å². The second kappa shape index (κ2) is 14.4. The normalized spacial score (nSPS) is 22.0. The van der Waals surface area contributed by atoms with Gasteiger partial charge in [0.25, 0.3) is 11.8 Å². The van der Waals surface area contributed by atoms with Crippen LogP contribution in [0.1, 0.15) is 71.2 Å². The van der Waals surface area contributed by atoms with Crippen LogP contribution in [0.2, 0.25) is 0 Å². The highest BCUT2D eigenvalue weighted by Gasteiger charge is 2.39. The summed E-state index contributed by atoms with van der Waals surface area (Å²) in [4.78, 5) is 61.8. The third-order valence-corrected chi connectivity index (χ3v) is 11.8. The highest BCUT2D eigenvalue weighted by atomic mass is 16.5. The van der Waals surface area contributed by atoms with Gasteiger partial charge in [0.05, 0.1) is 24.4 Å². The van der Waals surface area contributed by atoms with Crippen molar-refractivity contribution in [3.63, 3.8) is 0 Å². The molecule has 15 heteroatoms. The van der Waals surface area contributed by atoms with Crippen LogP contribution in [0.3, 0.4) is 0 Å². The van der Waals surface area contributed by atoms with Crippen LogP contribution in [0.4, 0.5) is 5.69 Å². The van der Waals surface area contributed by atoms with E-state index in [1.54, 1.807) is 39.7 Å². The molecule has 4 aliphatic rings. The molecule has 1 unspecified atom stereocenters. The molecule has 2 aromatic carbocycles. The lowest BCUT2D eigenvalue weighted by atomic mass is 9.84. The molecule has 4 amide bonds. The van der Waals surface area contributed by atoms with Crippen LogP contribution < -0.4 is 20.3 Å². The van der Waals surface area contributed by atoms with Crippen LogP contribution in [-0.2, 0) is 16.1 Å². The lowest BCUT2D eigenvalue weighted by Crippen LogP contribution is -2.52. The Hall–Kier alpha value is -5.83. The average molecular weight is 745 g/mol. The van der Waals surface area contributed by atoms with E-state index in [2.05, 4.69) is 36.6 Å². The molecule has 6 heterocycles. The molecule has 284 valence electrons. The summed E-state index contributed by atoms with van der Waals surface area (Å²) < 4.78 is 9.08. The number of hydrogen-bond donors (Lipinski definition) is 2. The number of amides is 4. The highest BCUT2D eigenvalue weighted by Crippen LogP contribution is 2.32. The topological polar surface area (TPSA) is 159 Å². The number of benzene rings is 2. The molecular weight excluding hydrogens is 701 g/mol. The number of carbonyl (C=O) groups excluding carboxylic acids is 4. The van der Waals surface area contributed by atoms with Crippen molar-refractivity contribution in [3.8, 4) is 11.6 Å². The van der Waals surface area contributed by atoms with E-state index in [1.807, 2.05) is 36.5 Å². The number of piperazine rings is 1. The Bertz CT molecular complexity index is 2300. The lowest BCUT2D eigenvalue weighted by Gasteiger charge is -2.37. The maximum Gasteiger partial charge on any atom is 0.255 e. The van der Waals surface area contributed by atoms with Gasteiger partial charge in [0.15, 0.2) is 11.5 Å². The maximum absolute atomic E-state index is 13.6. The molecule has 2 N–H and O–H groups in total. The summed E-state index contributed by atoms with van der Waals surface area (Å²) in [7, 11) is 1.57. The molecule has 0 bridgehead atoms. The number of rotatable bonds is 9. The molecule has 5 aromatic rings. The molecule has 55 heavy (non-hydrogen) atoms. The number of piperidine rings is 1. The van der Waals surface area contributed by atoms with E-state index in [-0.39, 0.29) is 36.1 Å². The predicted molar refractivity (Wildman–Crippen MR) is 203 cm³/mol. The summed E-state index contributed by atoms with van der Waals surface area (Å²) in [5.74, 6) is 0.883. The van der Waals surface area contributed by atoms with Gasteiger partial charge in [0, 0.05) is 80.3 Å². The summed E-state index contributed by atoms with van der Waals surface area (Å²) in [6.07, 6.45) is 11.1. The number of methoxy groups -OCH3 is 1. The van der Waals surface area contributed by atoms with Gasteiger partial charge >= 0.3 is 0 Å². The molecule has 3 aliphatic heterocycles. The van der Waals surface area contributed by atoms with Gasteiger partial charge in [-0.25, -0.2) is 9.67 Å². The zero-order chi connectivity index (χ0) is 37.6. The summed E-state index contributed by atoms with van der Waals surface area (Å²) in [5.41, 5.74) is 4.54. The molecule has 1 atom stereocenters. The molecule has 1 saturated carbocycles. The lowest BCUT2D eigenvalue weighted by molar-refractivity contribution is -0.136. The fraction of sp³-hybridized carbons (Fsp3) is 0.425. The van der Waals surface area contributed by atoms with Crippen LogP contribution in [-0.4, -0.2) is 110 Å². The minimum atomic E-state index is -0.601. The number of imide groups is 1. The zero-order valence-electron chi connectivity index (χ0n) is 30.8. The molecule has 0 radical (unpaired) electrons.